The van der Waals surface area contributed by atoms with Gasteiger partial charge >= 0.3 is 0 Å². The number of sulfonamides is 1. The first-order valence-corrected chi connectivity index (χ1v) is 16.0. The summed E-state index contributed by atoms with van der Waals surface area (Å²) < 4.78 is 66.1. The molecule has 3 aromatic rings. The molecular formula is C30H33F2N5O6S. The number of benzene rings is 2. The molecule has 0 bridgehead atoms. The lowest BCUT2D eigenvalue weighted by molar-refractivity contribution is -0.122. The lowest BCUT2D eigenvalue weighted by Gasteiger charge is -2.30. The average molecular weight is 630 g/mol. The van der Waals surface area contributed by atoms with Crippen molar-refractivity contribution in [1.82, 2.24) is 14.5 Å². The minimum Gasteiger partial charge on any atom is -0.381 e. The Morgan fingerprint density at radius 3 is 2.41 bits per heavy atom. The summed E-state index contributed by atoms with van der Waals surface area (Å²) in [5.41, 5.74) is 3.18. The summed E-state index contributed by atoms with van der Waals surface area (Å²) >= 11 is 0. The molecule has 1 amide bonds. The number of carbonyl (C=O) groups is 2. The molecule has 6 rings (SSSR count). The van der Waals surface area contributed by atoms with Crippen molar-refractivity contribution in [2.24, 2.45) is 5.92 Å². The van der Waals surface area contributed by atoms with Crippen LogP contribution in [0.1, 0.15) is 40.2 Å². The van der Waals surface area contributed by atoms with E-state index in [2.05, 4.69) is 20.4 Å². The first-order chi connectivity index (χ1) is 21.2. The molecule has 3 aliphatic rings. The average Bonchev–Trinajstić information content (AvgIpc) is 3.43. The molecule has 0 aliphatic carbocycles. The van der Waals surface area contributed by atoms with Crippen molar-refractivity contribution in [3.63, 3.8) is 0 Å². The summed E-state index contributed by atoms with van der Waals surface area (Å²) in [5, 5.41) is 10.2. The molecule has 2 aromatic carbocycles. The number of ether oxygens (including phenoxy) is 2. The van der Waals surface area contributed by atoms with E-state index in [0.29, 0.717) is 86.6 Å². The van der Waals surface area contributed by atoms with Crippen molar-refractivity contribution in [3.8, 4) is 0 Å². The fourth-order valence-electron chi connectivity index (χ4n) is 5.85. The van der Waals surface area contributed by atoms with Crippen LogP contribution in [0.15, 0.2) is 41.3 Å². The van der Waals surface area contributed by atoms with Crippen LogP contribution in [-0.2, 0) is 43.7 Å². The van der Waals surface area contributed by atoms with Gasteiger partial charge in [-0.15, -0.1) is 0 Å². The lowest BCUT2D eigenvalue weighted by atomic mass is 9.97. The number of carbonyl (C=O) groups excluding carboxylic acids is 2. The van der Waals surface area contributed by atoms with Crippen LogP contribution in [-0.4, -0.2) is 80.7 Å². The number of nitrogens with one attached hydrogen (secondary N) is 2. The number of aromatic amines is 1. The van der Waals surface area contributed by atoms with Gasteiger partial charge in [0.2, 0.25) is 15.9 Å². The highest BCUT2D eigenvalue weighted by Crippen LogP contribution is 2.30. The van der Waals surface area contributed by atoms with E-state index >= 15 is 0 Å². The summed E-state index contributed by atoms with van der Waals surface area (Å²) in [5.74, 6) is -2.68. The molecule has 2 fully saturated rings. The van der Waals surface area contributed by atoms with E-state index in [4.69, 9.17) is 9.47 Å². The Bertz CT molecular complexity index is 1650. The number of rotatable bonds is 8. The van der Waals surface area contributed by atoms with Gasteiger partial charge in [-0.2, -0.15) is 9.40 Å². The van der Waals surface area contributed by atoms with Gasteiger partial charge in [-0.1, -0.05) is 0 Å². The van der Waals surface area contributed by atoms with Crippen molar-refractivity contribution in [1.29, 1.82) is 0 Å². The molecule has 0 spiro atoms. The Kier molecular flexibility index (Phi) is 8.76. The van der Waals surface area contributed by atoms with Crippen molar-refractivity contribution in [2.75, 3.05) is 56.3 Å². The number of amides is 1. The predicted molar refractivity (Wildman–Crippen MR) is 156 cm³/mol. The SMILES string of the molecule is O=C(Cc1n[nH]c2c1CN(S(=O)(=O)c1cc(F)cc(F)c1)CC2)c1ccc(N2CCOCC2)cc1NC(=O)C1CCOCC1. The zero-order chi connectivity index (χ0) is 30.8. The Hall–Kier alpha value is -3.72. The zero-order valence-electron chi connectivity index (χ0n) is 24.0. The number of halogens is 2. The number of aromatic nitrogens is 2. The van der Waals surface area contributed by atoms with Crippen LogP contribution in [0.3, 0.4) is 0 Å². The van der Waals surface area contributed by atoms with Crippen molar-refractivity contribution < 1.29 is 36.3 Å². The van der Waals surface area contributed by atoms with E-state index in [1.807, 2.05) is 12.1 Å². The second-order valence-corrected chi connectivity index (χ2v) is 13.1. The molecule has 2 saturated heterocycles. The standard InChI is InChI=1S/C30H33F2N5O6S/c31-20-13-21(32)15-23(14-20)44(40,41)37-6-3-26-25(18-37)28(35-34-26)17-29(38)24-2-1-22(36-7-11-43-12-8-36)16-27(24)33-30(39)19-4-9-42-10-5-19/h1-2,13-16,19H,3-12,17-18H2,(H,33,39)(H,34,35). The maximum absolute atomic E-state index is 13.8. The van der Waals surface area contributed by atoms with Crippen LogP contribution < -0.4 is 10.2 Å². The molecule has 3 aliphatic heterocycles. The molecule has 0 saturated carbocycles. The molecule has 4 heterocycles. The van der Waals surface area contributed by atoms with Crippen LogP contribution >= 0.6 is 0 Å². The number of hydrogen-bond acceptors (Lipinski definition) is 8. The van der Waals surface area contributed by atoms with Gasteiger partial charge in [0.25, 0.3) is 0 Å². The van der Waals surface area contributed by atoms with Crippen LogP contribution in [0.25, 0.3) is 0 Å². The van der Waals surface area contributed by atoms with Gasteiger partial charge in [-0.05, 0) is 43.2 Å². The summed E-state index contributed by atoms with van der Waals surface area (Å²) in [6.07, 6.45) is 1.33. The predicted octanol–water partition coefficient (Wildman–Crippen LogP) is 3.06. The fourth-order valence-corrected chi connectivity index (χ4v) is 7.30. The van der Waals surface area contributed by atoms with E-state index in [1.165, 1.54) is 0 Å². The van der Waals surface area contributed by atoms with E-state index in [-0.39, 0.29) is 43.5 Å². The second kappa shape index (κ2) is 12.7. The molecule has 14 heteroatoms. The number of nitrogens with zero attached hydrogens (tertiary/aromatic N) is 3. The Morgan fingerprint density at radius 2 is 1.68 bits per heavy atom. The third-order valence-corrected chi connectivity index (χ3v) is 10.1. The molecule has 1 aromatic heterocycles. The highest BCUT2D eigenvalue weighted by Gasteiger charge is 2.33. The Labute approximate surface area is 253 Å². The quantitative estimate of drug-likeness (QED) is 0.364. The third kappa shape index (κ3) is 6.39. The van der Waals surface area contributed by atoms with Crippen LogP contribution in [0.2, 0.25) is 0 Å². The summed E-state index contributed by atoms with van der Waals surface area (Å²) in [6, 6.07) is 7.52. The Balaban J connectivity index is 1.24. The third-order valence-electron chi connectivity index (χ3n) is 8.32. The zero-order valence-corrected chi connectivity index (χ0v) is 24.8. The smallest absolute Gasteiger partial charge is 0.243 e. The van der Waals surface area contributed by atoms with Gasteiger partial charge < -0.3 is 19.7 Å². The van der Waals surface area contributed by atoms with E-state index in [0.717, 1.165) is 22.1 Å². The van der Waals surface area contributed by atoms with E-state index < -0.39 is 26.6 Å². The second-order valence-electron chi connectivity index (χ2n) is 11.1. The van der Waals surface area contributed by atoms with E-state index in [1.54, 1.807) is 6.07 Å². The highest BCUT2D eigenvalue weighted by molar-refractivity contribution is 7.89. The van der Waals surface area contributed by atoms with Crippen LogP contribution in [0, 0.1) is 17.6 Å². The topological polar surface area (TPSA) is 134 Å². The molecular weight excluding hydrogens is 596 g/mol. The number of H-pyrrole nitrogens is 1. The molecule has 0 unspecified atom stereocenters. The number of ketones is 1. The summed E-state index contributed by atoms with van der Waals surface area (Å²) in [4.78, 5) is 28.6. The van der Waals surface area contributed by atoms with Gasteiger partial charge in [0.15, 0.2) is 5.78 Å². The molecule has 2 N–H and O–H groups in total. The first-order valence-electron chi connectivity index (χ1n) is 14.6. The minimum atomic E-state index is -4.21. The number of Topliss-reactive ketones (excluding diaryl/α,β-unsaturated/α-hetero) is 1. The normalized spacial score (nSPS) is 18.2. The summed E-state index contributed by atoms with van der Waals surface area (Å²) in [7, 11) is -4.21. The first kappa shape index (κ1) is 30.3. The monoisotopic (exact) mass is 629 g/mol. The van der Waals surface area contributed by atoms with Crippen LogP contribution in [0.5, 0.6) is 0 Å². The van der Waals surface area contributed by atoms with Crippen molar-refractivity contribution in [2.45, 2.75) is 37.1 Å². The van der Waals surface area contributed by atoms with Gasteiger partial charge in [0.1, 0.15) is 11.6 Å². The molecule has 11 nitrogen and oxygen atoms in total. The largest absolute Gasteiger partial charge is 0.381 e. The minimum absolute atomic E-state index is 0.0778. The van der Waals surface area contributed by atoms with Gasteiger partial charge in [0.05, 0.1) is 35.9 Å². The van der Waals surface area contributed by atoms with E-state index in [9.17, 15) is 26.8 Å². The van der Waals surface area contributed by atoms with Crippen molar-refractivity contribution in [3.05, 3.63) is 70.5 Å². The number of morpholine rings is 1. The fraction of sp³-hybridized carbons (Fsp3) is 0.433. The molecule has 44 heavy (non-hydrogen) atoms. The number of fused-ring (bicyclic) bond motifs is 1. The number of hydrogen-bond donors (Lipinski definition) is 2. The molecule has 0 atom stereocenters. The Morgan fingerprint density at radius 1 is 0.977 bits per heavy atom. The molecule has 0 radical (unpaired) electrons. The maximum Gasteiger partial charge on any atom is 0.243 e. The van der Waals surface area contributed by atoms with Crippen LogP contribution in [0.4, 0.5) is 20.2 Å². The number of anilines is 2. The highest BCUT2D eigenvalue weighted by atomic mass is 32.2. The van der Waals surface area contributed by atoms with Gasteiger partial charge in [-0.3, -0.25) is 14.7 Å². The van der Waals surface area contributed by atoms with Crippen molar-refractivity contribution >= 4 is 33.1 Å². The lowest BCUT2D eigenvalue weighted by Crippen LogP contribution is -2.36. The van der Waals surface area contributed by atoms with Gasteiger partial charge in [0, 0.05) is 80.3 Å². The maximum atomic E-state index is 13.8. The molecule has 234 valence electrons. The summed E-state index contributed by atoms with van der Waals surface area (Å²) in [6.45, 7) is 3.49. The van der Waals surface area contributed by atoms with Gasteiger partial charge in [-0.25, -0.2) is 17.2 Å².